The van der Waals surface area contributed by atoms with Crippen LogP contribution in [-0.2, 0) is 16.7 Å². The predicted molar refractivity (Wildman–Crippen MR) is 159 cm³/mol. The number of alkyl carbamates (subject to hydrolysis) is 1. The van der Waals surface area contributed by atoms with Crippen LogP contribution in [0.15, 0.2) is 48.8 Å². The van der Waals surface area contributed by atoms with Crippen LogP contribution in [0.2, 0.25) is 0 Å². The van der Waals surface area contributed by atoms with Crippen LogP contribution in [0.3, 0.4) is 0 Å². The third-order valence-electron chi connectivity index (χ3n) is 8.16. The first-order valence-electron chi connectivity index (χ1n) is 14.6. The Morgan fingerprint density at radius 3 is 2.48 bits per heavy atom. The normalized spacial score (nSPS) is 17.2. The van der Waals surface area contributed by atoms with E-state index in [1.807, 2.05) is 43.5 Å². The van der Waals surface area contributed by atoms with Crippen molar-refractivity contribution in [2.45, 2.75) is 76.7 Å². The molecule has 2 aliphatic rings. The number of alkyl halides is 2. The molecule has 1 fully saturated rings. The molecule has 2 amide bonds. The number of amides is 2. The lowest BCUT2D eigenvalue weighted by Crippen LogP contribution is -2.53. The summed E-state index contributed by atoms with van der Waals surface area (Å²) in [6.45, 7) is 2.41. The Balaban J connectivity index is 1.34. The van der Waals surface area contributed by atoms with Crippen molar-refractivity contribution in [1.82, 2.24) is 30.2 Å². The number of rotatable bonds is 7. The van der Waals surface area contributed by atoms with E-state index in [-0.39, 0.29) is 17.2 Å². The molecule has 1 atom stereocenters. The monoisotopic (exact) mass is 604 g/mol. The van der Waals surface area contributed by atoms with Crippen molar-refractivity contribution >= 4 is 23.0 Å². The SMILES string of the molecule is CNC(=O)c1cccc(OC(F)F)c1[C@H]1CCc2nc3ccc(-c4cnc(C5(NC(=O)OC(C)(C)C)CCC5)nc4)cc3n21. The summed E-state index contributed by atoms with van der Waals surface area (Å²) in [4.78, 5) is 39.4. The molecule has 1 aliphatic carbocycles. The summed E-state index contributed by atoms with van der Waals surface area (Å²) >= 11 is 0. The summed E-state index contributed by atoms with van der Waals surface area (Å²) < 4.78 is 39.2. The summed E-state index contributed by atoms with van der Waals surface area (Å²) in [5.74, 6) is 0.900. The predicted octanol–water partition coefficient (Wildman–Crippen LogP) is 5.89. The summed E-state index contributed by atoms with van der Waals surface area (Å²) in [6, 6.07) is 9.97. The molecular weight excluding hydrogens is 570 g/mol. The van der Waals surface area contributed by atoms with Gasteiger partial charge in [-0.05, 0) is 76.3 Å². The minimum atomic E-state index is -3.04. The Labute approximate surface area is 253 Å². The minimum absolute atomic E-state index is 0.0362. The Hall–Kier alpha value is -4.61. The van der Waals surface area contributed by atoms with Crippen molar-refractivity contribution in [3.63, 3.8) is 0 Å². The van der Waals surface area contributed by atoms with Crippen LogP contribution in [0, 0.1) is 0 Å². The summed E-state index contributed by atoms with van der Waals surface area (Å²) in [7, 11) is 1.50. The number of hydrogen-bond donors (Lipinski definition) is 2. The zero-order valence-electron chi connectivity index (χ0n) is 25.0. The highest BCUT2D eigenvalue weighted by atomic mass is 19.3. The topological polar surface area (TPSA) is 120 Å². The summed E-state index contributed by atoms with van der Waals surface area (Å²) in [6.07, 6.45) is 6.52. The van der Waals surface area contributed by atoms with E-state index in [1.54, 1.807) is 18.5 Å². The molecule has 44 heavy (non-hydrogen) atoms. The molecule has 1 saturated carbocycles. The van der Waals surface area contributed by atoms with Crippen molar-refractivity contribution in [2.75, 3.05) is 7.05 Å². The molecule has 0 spiro atoms. The number of aryl methyl sites for hydroxylation is 1. The number of carbonyl (C=O) groups excluding carboxylic acids is 2. The Morgan fingerprint density at radius 2 is 1.84 bits per heavy atom. The highest BCUT2D eigenvalue weighted by Gasteiger charge is 2.44. The van der Waals surface area contributed by atoms with E-state index in [1.165, 1.54) is 19.2 Å². The molecule has 0 bridgehead atoms. The van der Waals surface area contributed by atoms with Gasteiger partial charge in [0.1, 0.15) is 22.7 Å². The second-order valence-corrected chi connectivity index (χ2v) is 12.2. The molecule has 230 valence electrons. The van der Waals surface area contributed by atoms with Gasteiger partial charge >= 0.3 is 12.7 Å². The minimum Gasteiger partial charge on any atom is -0.444 e. The molecule has 2 N–H and O–H groups in total. The van der Waals surface area contributed by atoms with E-state index in [0.717, 1.165) is 47.2 Å². The molecule has 12 heteroatoms. The van der Waals surface area contributed by atoms with Gasteiger partial charge in [0.2, 0.25) is 0 Å². The van der Waals surface area contributed by atoms with Crippen LogP contribution >= 0.6 is 0 Å². The largest absolute Gasteiger partial charge is 0.444 e. The number of nitrogens with one attached hydrogen (secondary N) is 2. The van der Waals surface area contributed by atoms with E-state index in [9.17, 15) is 18.4 Å². The maximum Gasteiger partial charge on any atom is 0.408 e. The van der Waals surface area contributed by atoms with Crippen molar-refractivity contribution in [3.8, 4) is 16.9 Å². The molecule has 0 saturated heterocycles. The van der Waals surface area contributed by atoms with Crippen LogP contribution < -0.4 is 15.4 Å². The molecule has 3 heterocycles. The number of aromatic nitrogens is 4. The maximum atomic E-state index is 13.4. The number of hydrogen-bond acceptors (Lipinski definition) is 7. The van der Waals surface area contributed by atoms with Gasteiger partial charge in [0, 0.05) is 42.6 Å². The van der Waals surface area contributed by atoms with Crippen LogP contribution in [0.1, 0.15) is 80.1 Å². The summed E-state index contributed by atoms with van der Waals surface area (Å²) in [5.41, 5.74) is 2.52. The molecule has 6 rings (SSSR count). The fraction of sp³-hybridized carbons (Fsp3) is 0.406. The number of ether oxygens (including phenoxy) is 2. The lowest BCUT2D eigenvalue weighted by atomic mass is 9.76. The first kappa shape index (κ1) is 29.5. The molecule has 2 aromatic heterocycles. The Bertz CT molecular complexity index is 1730. The van der Waals surface area contributed by atoms with Crippen molar-refractivity contribution in [3.05, 3.63) is 71.6 Å². The number of nitrogens with zero attached hydrogens (tertiary/aromatic N) is 4. The van der Waals surface area contributed by atoms with Gasteiger partial charge in [-0.3, -0.25) is 4.79 Å². The van der Waals surface area contributed by atoms with Gasteiger partial charge in [0.25, 0.3) is 5.91 Å². The lowest BCUT2D eigenvalue weighted by Gasteiger charge is -2.41. The number of benzene rings is 2. The smallest absolute Gasteiger partial charge is 0.408 e. The molecule has 4 aromatic rings. The van der Waals surface area contributed by atoms with Gasteiger partial charge in [-0.1, -0.05) is 12.1 Å². The second kappa shape index (κ2) is 11.1. The van der Waals surface area contributed by atoms with Crippen LogP contribution in [0.5, 0.6) is 5.75 Å². The summed E-state index contributed by atoms with van der Waals surface area (Å²) in [5, 5.41) is 5.58. The van der Waals surface area contributed by atoms with Gasteiger partial charge in [-0.2, -0.15) is 8.78 Å². The van der Waals surface area contributed by atoms with Gasteiger partial charge in [0.15, 0.2) is 5.82 Å². The standard InChI is InChI=1S/C32H34F2N6O4/c1-31(2,3)44-30(42)39-32(13-6-14-32)28-36-16-19(17-37-28)18-9-10-21-23(15-18)40-22(11-12-25(40)38-21)26-20(27(41)35-4)7-5-8-24(26)43-29(33)34/h5,7-10,15-17,22,29H,6,11-14H2,1-4H3,(H,35,41)(H,39,42)/t22-/m1/s1. The number of fused-ring (bicyclic) bond motifs is 3. The molecule has 1 aliphatic heterocycles. The molecule has 2 aromatic carbocycles. The molecular formula is C32H34F2N6O4. The third-order valence-corrected chi connectivity index (χ3v) is 8.16. The zero-order chi connectivity index (χ0) is 31.2. The average molecular weight is 605 g/mol. The van der Waals surface area contributed by atoms with Crippen LogP contribution in [0.25, 0.3) is 22.2 Å². The number of imidazole rings is 1. The van der Waals surface area contributed by atoms with E-state index < -0.39 is 29.9 Å². The second-order valence-electron chi connectivity index (χ2n) is 12.2. The Kier molecular flexibility index (Phi) is 7.46. The number of halogens is 2. The number of carbonyl (C=O) groups is 2. The average Bonchev–Trinajstić information content (AvgIpc) is 3.52. The highest BCUT2D eigenvalue weighted by Crippen LogP contribution is 2.43. The van der Waals surface area contributed by atoms with E-state index >= 15 is 0 Å². The zero-order valence-corrected chi connectivity index (χ0v) is 25.0. The van der Waals surface area contributed by atoms with Crippen LogP contribution in [-0.4, -0.2) is 50.8 Å². The van der Waals surface area contributed by atoms with Crippen LogP contribution in [0.4, 0.5) is 13.6 Å². The van der Waals surface area contributed by atoms with Crippen molar-refractivity contribution in [1.29, 1.82) is 0 Å². The quantitative estimate of drug-likeness (QED) is 0.270. The van der Waals surface area contributed by atoms with E-state index in [0.29, 0.717) is 24.2 Å². The highest BCUT2D eigenvalue weighted by molar-refractivity contribution is 5.96. The van der Waals surface area contributed by atoms with Gasteiger partial charge in [0.05, 0.1) is 17.1 Å². The first-order valence-corrected chi connectivity index (χ1v) is 14.6. The fourth-order valence-electron chi connectivity index (χ4n) is 6.09. The fourth-order valence-corrected chi connectivity index (χ4v) is 6.09. The van der Waals surface area contributed by atoms with Crippen molar-refractivity contribution in [2.24, 2.45) is 0 Å². The van der Waals surface area contributed by atoms with Gasteiger partial charge in [-0.15, -0.1) is 0 Å². The third kappa shape index (κ3) is 5.44. The molecule has 0 unspecified atom stereocenters. The van der Waals surface area contributed by atoms with E-state index in [2.05, 4.69) is 20.6 Å². The Morgan fingerprint density at radius 1 is 1.09 bits per heavy atom. The van der Waals surface area contributed by atoms with Gasteiger partial charge in [-0.25, -0.2) is 19.7 Å². The first-order chi connectivity index (χ1) is 21.0. The van der Waals surface area contributed by atoms with Gasteiger partial charge < -0.3 is 24.7 Å². The molecule has 10 nitrogen and oxygen atoms in total. The molecule has 0 radical (unpaired) electrons. The van der Waals surface area contributed by atoms with Crippen molar-refractivity contribution < 1.29 is 27.8 Å². The lowest BCUT2D eigenvalue weighted by molar-refractivity contribution is -0.0507. The maximum absolute atomic E-state index is 13.4. The van der Waals surface area contributed by atoms with E-state index in [4.69, 9.17) is 14.5 Å².